The summed E-state index contributed by atoms with van der Waals surface area (Å²) in [6, 6.07) is 0. The highest BCUT2D eigenvalue weighted by Crippen LogP contribution is 2.59. The van der Waals surface area contributed by atoms with Crippen LogP contribution < -0.4 is 5.32 Å². The lowest BCUT2D eigenvalue weighted by Crippen LogP contribution is -2.43. The molecule has 0 aromatic carbocycles. The fourth-order valence-corrected chi connectivity index (χ4v) is 3.73. The van der Waals surface area contributed by atoms with Gasteiger partial charge in [-0.25, -0.2) is 0 Å². The van der Waals surface area contributed by atoms with Crippen LogP contribution >= 0.6 is 12.4 Å². The van der Waals surface area contributed by atoms with E-state index >= 15 is 0 Å². The van der Waals surface area contributed by atoms with E-state index in [2.05, 4.69) is 24.1 Å². The standard InChI is InChI=1S/C15H26N2O.ClH/c1-14(2)5-9-17(10-6-14)13(18)12-11-15(12)3-7-16-8-4-15;/h12,16H,3-11H2,1-2H3;1H. The van der Waals surface area contributed by atoms with Crippen molar-refractivity contribution in [3.63, 3.8) is 0 Å². The molecule has 1 unspecified atom stereocenters. The van der Waals surface area contributed by atoms with Gasteiger partial charge in [0.25, 0.3) is 0 Å². The van der Waals surface area contributed by atoms with Crippen LogP contribution in [0.5, 0.6) is 0 Å². The van der Waals surface area contributed by atoms with Crippen LogP contribution in [0.15, 0.2) is 0 Å². The minimum atomic E-state index is 0. The Kier molecular flexibility index (Phi) is 4.18. The zero-order valence-corrected chi connectivity index (χ0v) is 13.0. The van der Waals surface area contributed by atoms with Crippen LogP contribution in [0.2, 0.25) is 0 Å². The maximum atomic E-state index is 12.6. The first-order valence-corrected chi connectivity index (χ1v) is 7.52. The molecule has 1 aliphatic carbocycles. The molecule has 3 fully saturated rings. The van der Waals surface area contributed by atoms with E-state index in [0.717, 1.165) is 32.6 Å². The second kappa shape index (κ2) is 5.25. The number of carbonyl (C=O) groups excluding carboxylic acids is 1. The van der Waals surface area contributed by atoms with Crippen LogP contribution in [0.3, 0.4) is 0 Å². The second-order valence-electron chi connectivity index (χ2n) is 7.36. The number of halogens is 1. The van der Waals surface area contributed by atoms with Crippen LogP contribution in [0.25, 0.3) is 0 Å². The topological polar surface area (TPSA) is 32.3 Å². The van der Waals surface area contributed by atoms with Crippen molar-refractivity contribution >= 4 is 18.3 Å². The number of hydrogen-bond donors (Lipinski definition) is 1. The Balaban J connectivity index is 0.00000133. The number of carbonyl (C=O) groups is 1. The summed E-state index contributed by atoms with van der Waals surface area (Å²) in [4.78, 5) is 14.7. The Morgan fingerprint density at radius 1 is 1.11 bits per heavy atom. The third-order valence-electron chi connectivity index (χ3n) is 5.52. The van der Waals surface area contributed by atoms with Crippen molar-refractivity contribution < 1.29 is 4.79 Å². The number of amides is 1. The first-order chi connectivity index (χ1) is 8.53. The van der Waals surface area contributed by atoms with Gasteiger partial charge in [0, 0.05) is 19.0 Å². The van der Waals surface area contributed by atoms with Gasteiger partial charge in [-0.15, -0.1) is 12.4 Å². The van der Waals surface area contributed by atoms with E-state index in [1.807, 2.05) is 0 Å². The molecule has 1 saturated carbocycles. The Labute approximate surface area is 122 Å². The summed E-state index contributed by atoms with van der Waals surface area (Å²) in [5, 5.41) is 3.41. The number of rotatable bonds is 1. The molecule has 0 aromatic heterocycles. The van der Waals surface area contributed by atoms with Crippen molar-refractivity contribution in [2.24, 2.45) is 16.7 Å². The smallest absolute Gasteiger partial charge is 0.226 e. The van der Waals surface area contributed by atoms with Crippen LogP contribution in [0.1, 0.15) is 46.0 Å². The lowest BCUT2D eigenvalue weighted by atomic mass is 9.82. The maximum Gasteiger partial charge on any atom is 0.226 e. The zero-order valence-electron chi connectivity index (χ0n) is 12.2. The monoisotopic (exact) mass is 286 g/mol. The van der Waals surface area contributed by atoms with Crippen molar-refractivity contribution in [2.75, 3.05) is 26.2 Å². The zero-order chi connectivity index (χ0) is 12.8. The third-order valence-corrected chi connectivity index (χ3v) is 5.52. The average molecular weight is 287 g/mol. The third kappa shape index (κ3) is 2.92. The van der Waals surface area contributed by atoms with Crippen molar-refractivity contribution in [3.05, 3.63) is 0 Å². The number of nitrogens with zero attached hydrogens (tertiary/aromatic N) is 1. The van der Waals surface area contributed by atoms with E-state index in [4.69, 9.17) is 0 Å². The minimum absolute atomic E-state index is 0. The molecule has 2 heterocycles. The fraction of sp³-hybridized carbons (Fsp3) is 0.933. The van der Waals surface area contributed by atoms with Gasteiger partial charge in [0.1, 0.15) is 0 Å². The predicted molar refractivity (Wildman–Crippen MR) is 79.5 cm³/mol. The average Bonchev–Trinajstić information content (AvgIpc) is 3.03. The molecule has 0 bridgehead atoms. The summed E-state index contributed by atoms with van der Waals surface area (Å²) < 4.78 is 0. The molecule has 0 aromatic rings. The fourth-order valence-electron chi connectivity index (χ4n) is 3.73. The predicted octanol–water partition coefficient (Wildman–Crippen LogP) is 2.45. The Morgan fingerprint density at radius 3 is 2.26 bits per heavy atom. The quantitative estimate of drug-likeness (QED) is 0.803. The van der Waals surface area contributed by atoms with Gasteiger partial charge in [0.2, 0.25) is 5.91 Å². The van der Waals surface area contributed by atoms with E-state index < -0.39 is 0 Å². The molecule has 2 saturated heterocycles. The Bertz CT molecular complexity index is 340. The summed E-state index contributed by atoms with van der Waals surface area (Å²) in [5.41, 5.74) is 0.835. The van der Waals surface area contributed by atoms with Gasteiger partial charge in [-0.1, -0.05) is 13.8 Å². The second-order valence-corrected chi connectivity index (χ2v) is 7.36. The number of nitrogens with one attached hydrogen (secondary N) is 1. The lowest BCUT2D eigenvalue weighted by molar-refractivity contribution is -0.135. The van der Waals surface area contributed by atoms with E-state index in [9.17, 15) is 4.79 Å². The molecule has 2 aliphatic heterocycles. The highest BCUT2D eigenvalue weighted by molar-refractivity contribution is 5.85. The van der Waals surface area contributed by atoms with Crippen LogP contribution in [0.4, 0.5) is 0 Å². The summed E-state index contributed by atoms with van der Waals surface area (Å²) >= 11 is 0. The number of piperidine rings is 2. The molecular formula is C15H27ClN2O. The van der Waals surface area contributed by atoms with Crippen molar-refractivity contribution in [3.8, 4) is 0 Å². The summed E-state index contributed by atoms with van der Waals surface area (Å²) in [7, 11) is 0. The molecular weight excluding hydrogens is 260 g/mol. The Hall–Kier alpha value is -0.280. The van der Waals surface area contributed by atoms with Crippen LogP contribution in [0, 0.1) is 16.7 Å². The van der Waals surface area contributed by atoms with Gasteiger partial charge >= 0.3 is 0 Å². The summed E-state index contributed by atoms with van der Waals surface area (Å²) in [6.07, 6.45) is 5.92. The van der Waals surface area contributed by atoms with Gasteiger partial charge < -0.3 is 10.2 Å². The Morgan fingerprint density at radius 2 is 1.68 bits per heavy atom. The van der Waals surface area contributed by atoms with Gasteiger partial charge in [0.15, 0.2) is 0 Å². The van der Waals surface area contributed by atoms with E-state index in [0.29, 0.717) is 22.7 Å². The van der Waals surface area contributed by atoms with Gasteiger partial charge in [-0.3, -0.25) is 4.79 Å². The van der Waals surface area contributed by atoms with Crippen LogP contribution in [-0.4, -0.2) is 37.0 Å². The molecule has 3 rings (SSSR count). The van der Waals surface area contributed by atoms with E-state index in [1.54, 1.807) is 0 Å². The summed E-state index contributed by atoms with van der Waals surface area (Å²) in [6.45, 7) is 8.82. The molecule has 1 atom stereocenters. The van der Waals surface area contributed by atoms with Crippen molar-refractivity contribution in [1.29, 1.82) is 0 Å². The van der Waals surface area contributed by atoms with Gasteiger partial charge in [0.05, 0.1) is 0 Å². The van der Waals surface area contributed by atoms with Crippen LogP contribution in [-0.2, 0) is 4.79 Å². The molecule has 3 aliphatic rings. The number of likely N-dealkylation sites (tertiary alicyclic amines) is 1. The molecule has 3 nitrogen and oxygen atoms in total. The first kappa shape index (κ1) is 15.1. The maximum absolute atomic E-state index is 12.6. The van der Waals surface area contributed by atoms with Gasteiger partial charge in [-0.2, -0.15) is 0 Å². The first-order valence-electron chi connectivity index (χ1n) is 7.52. The van der Waals surface area contributed by atoms with E-state index in [1.165, 1.54) is 25.7 Å². The molecule has 1 N–H and O–H groups in total. The molecule has 0 radical (unpaired) electrons. The molecule has 110 valence electrons. The molecule has 1 spiro atoms. The summed E-state index contributed by atoms with van der Waals surface area (Å²) in [5.74, 6) is 0.827. The highest BCUT2D eigenvalue weighted by atomic mass is 35.5. The molecule has 19 heavy (non-hydrogen) atoms. The lowest BCUT2D eigenvalue weighted by Gasteiger charge is -2.37. The van der Waals surface area contributed by atoms with Crippen molar-refractivity contribution in [2.45, 2.75) is 46.0 Å². The normalized spacial score (nSPS) is 31.7. The van der Waals surface area contributed by atoms with Crippen molar-refractivity contribution in [1.82, 2.24) is 10.2 Å². The molecule has 1 amide bonds. The minimum Gasteiger partial charge on any atom is -0.342 e. The van der Waals surface area contributed by atoms with Gasteiger partial charge in [-0.05, 0) is 56.0 Å². The highest BCUT2D eigenvalue weighted by Gasteiger charge is 2.58. The molecule has 4 heteroatoms. The SMILES string of the molecule is CC1(C)CCN(C(=O)C2CC23CCNCC3)CC1.Cl. The number of hydrogen-bond acceptors (Lipinski definition) is 2. The largest absolute Gasteiger partial charge is 0.342 e. The van der Waals surface area contributed by atoms with E-state index in [-0.39, 0.29) is 12.4 Å².